The van der Waals surface area contributed by atoms with Crippen molar-refractivity contribution in [3.8, 4) is 0 Å². The number of amides is 2. The second-order valence-electron chi connectivity index (χ2n) is 10.9. The average Bonchev–Trinajstić information content (AvgIpc) is 3.29. The molecule has 8 nitrogen and oxygen atoms in total. The molecule has 0 spiro atoms. The molecule has 1 saturated heterocycles. The third-order valence-corrected chi connectivity index (χ3v) is 7.83. The molecule has 200 valence electrons. The van der Waals surface area contributed by atoms with Crippen LogP contribution in [0.2, 0.25) is 0 Å². The number of nitrogens with one attached hydrogen (secondary N) is 3. The topological polar surface area (TPSA) is 99.4 Å². The van der Waals surface area contributed by atoms with Crippen molar-refractivity contribution in [2.24, 2.45) is 0 Å². The van der Waals surface area contributed by atoms with Crippen molar-refractivity contribution >= 4 is 46.4 Å². The number of ether oxygens (including phenoxy) is 1. The normalized spacial score (nSPS) is 16.2. The number of carbonyl (C=O) groups is 2. The summed E-state index contributed by atoms with van der Waals surface area (Å²) in [5.74, 6) is -0.00434. The molecule has 38 heavy (non-hydrogen) atoms. The van der Waals surface area contributed by atoms with Gasteiger partial charge in [0.05, 0.1) is 16.1 Å². The van der Waals surface area contributed by atoms with Gasteiger partial charge in [0.2, 0.25) is 0 Å². The summed E-state index contributed by atoms with van der Waals surface area (Å²) in [4.78, 5) is 29.2. The number of piperidine rings is 1. The molecule has 0 radical (unpaired) electrons. The minimum atomic E-state index is -0.517. The second kappa shape index (κ2) is 11.2. The van der Waals surface area contributed by atoms with E-state index in [0.29, 0.717) is 4.91 Å². The molecule has 2 amide bonds. The molecule has 1 fully saturated rings. The average molecular weight is 534 g/mol. The van der Waals surface area contributed by atoms with Crippen molar-refractivity contribution in [3.63, 3.8) is 0 Å². The van der Waals surface area contributed by atoms with Crippen molar-refractivity contribution in [2.75, 3.05) is 25.0 Å². The molecule has 0 atom stereocenters. The Hall–Kier alpha value is -3.30. The van der Waals surface area contributed by atoms with Crippen LogP contribution in [0.4, 0.5) is 10.5 Å². The van der Waals surface area contributed by atoms with Crippen LogP contribution in [0.25, 0.3) is 17.0 Å². The van der Waals surface area contributed by atoms with E-state index in [2.05, 4.69) is 37.9 Å². The zero-order chi connectivity index (χ0) is 26.7. The Morgan fingerprint density at radius 2 is 1.89 bits per heavy atom. The number of hydrogen-bond donors (Lipinski definition) is 3. The molecule has 9 heteroatoms. The summed E-state index contributed by atoms with van der Waals surface area (Å²) in [6, 6.07) is 14.1. The number of likely N-dealkylation sites (tertiary alicyclic amines) is 1. The lowest BCUT2D eigenvalue weighted by atomic mass is 10.0. The quantitative estimate of drug-likeness (QED) is 0.367. The first-order valence-electron chi connectivity index (χ1n) is 13.2. The van der Waals surface area contributed by atoms with Gasteiger partial charge in [0.25, 0.3) is 5.91 Å². The number of aryl methyl sites for hydroxylation is 1. The summed E-state index contributed by atoms with van der Waals surface area (Å²) in [5.41, 5.74) is 3.30. The number of carbonyl (C=O) groups excluding carboxylic acids is 2. The largest absolute Gasteiger partial charge is 0.444 e. The lowest BCUT2D eigenvalue weighted by Crippen LogP contribution is -2.45. The monoisotopic (exact) mass is 533 g/mol. The number of hydrogen-bond acceptors (Lipinski definition) is 6. The first-order chi connectivity index (χ1) is 18.2. The number of aromatic nitrogens is 2. The fourth-order valence-electron chi connectivity index (χ4n) is 4.88. The zero-order valence-corrected chi connectivity index (χ0v) is 23.0. The number of anilines is 1. The minimum absolute atomic E-state index is 0.00434. The van der Waals surface area contributed by atoms with Gasteiger partial charge < -0.3 is 15.0 Å². The molecule has 3 aromatic rings. The smallest absolute Gasteiger partial charge is 0.412 e. The Morgan fingerprint density at radius 3 is 2.63 bits per heavy atom. The Balaban J connectivity index is 1.02. The van der Waals surface area contributed by atoms with Crippen LogP contribution in [0.1, 0.15) is 51.3 Å². The van der Waals surface area contributed by atoms with E-state index in [1.807, 2.05) is 57.2 Å². The lowest BCUT2D eigenvalue weighted by molar-refractivity contribution is -0.117. The van der Waals surface area contributed by atoms with E-state index in [9.17, 15) is 9.59 Å². The van der Waals surface area contributed by atoms with E-state index < -0.39 is 11.7 Å². The maximum atomic E-state index is 13.0. The number of aromatic amines is 1. The molecule has 0 aliphatic carbocycles. The van der Waals surface area contributed by atoms with Gasteiger partial charge in [-0.2, -0.15) is 5.10 Å². The predicted molar refractivity (Wildman–Crippen MR) is 152 cm³/mol. The summed E-state index contributed by atoms with van der Waals surface area (Å²) in [6.07, 6.45) is 5.44. The molecule has 5 rings (SSSR count). The van der Waals surface area contributed by atoms with Crippen LogP contribution in [0.5, 0.6) is 0 Å². The predicted octanol–water partition coefficient (Wildman–Crippen LogP) is 5.57. The molecule has 2 aliphatic rings. The van der Waals surface area contributed by atoms with Crippen molar-refractivity contribution in [2.45, 2.75) is 63.0 Å². The van der Waals surface area contributed by atoms with Gasteiger partial charge in [0.15, 0.2) is 0 Å². The Kier molecular flexibility index (Phi) is 7.76. The van der Waals surface area contributed by atoms with Gasteiger partial charge in [0.1, 0.15) is 5.60 Å². The van der Waals surface area contributed by atoms with E-state index in [4.69, 9.17) is 4.74 Å². The fourth-order valence-corrected chi connectivity index (χ4v) is 5.91. The molecule has 0 unspecified atom stereocenters. The van der Waals surface area contributed by atoms with E-state index in [-0.39, 0.29) is 11.9 Å². The van der Waals surface area contributed by atoms with E-state index in [0.717, 1.165) is 72.5 Å². The van der Waals surface area contributed by atoms with Gasteiger partial charge in [-0.15, -0.1) is 0 Å². The first kappa shape index (κ1) is 26.3. The van der Waals surface area contributed by atoms with Crippen LogP contribution < -0.4 is 10.6 Å². The van der Waals surface area contributed by atoms with E-state index >= 15 is 0 Å². The van der Waals surface area contributed by atoms with Crippen molar-refractivity contribution in [3.05, 3.63) is 58.6 Å². The number of nitrogens with zero attached hydrogens (tertiary/aromatic N) is 2. The minimum Gasteiger partial charge on any atom is -0.444 e. The standard InChI is InChI=1S/C29H35N5O3S/c1-29(2,3)37-28(36)31-20-11-9-19(10-12-20)6-5-15-34-16-13-21(14-17-34)30-27(35)25-18-23-26-22(32-33-23)7-4-8-24(26)38-25/h4,7-12,18,21H,5-6,13-17H2,1-3H3,(H,30,35)(H,31,36)(H,32,33). The number of rotatable bonds is 7. The molecule has 2 aliphatic heterocycles. The summed E-state index contributed by atoms with van der Waals surface area (Å²) >= 11 is 1.52. The summed E-state index contributed by atoms with van der Waals surface area (Å²) in [6.45, 7) is 8.55. The first-order valence-corrected chi connectivity index (χ1v) is 14.0. The maximum absolute atomic E-state index is 13.0. The Bertz CT molecular complexity index is 1330. The molecular formula is C29H35N5O3S. The zero-order valence-electron chi connectivity index (χ0n) is 22.2. The van der Waals surface area contributed by atoms with E-state index in [1.54, 1.807) is 0 Å². The number of benzene rings is 2. The summed E-state index contributed by atoms with van der Waals surface area (Å²) < 4.78 is 5.30. The van der Waals surface area contributed by atoms with Crippen LogP contribution in [-0.4, -0.2) is 58.4 Å². The van der Waals surface area contributed by atoms with Gasteiger partial charge >= 0.3 is 6.09 Å². The Morgan fingerprint density at radius 1 is 1.13 bits per heavy atom. The Labute approximate surface area is 227 Å². The van der Waals surface area contributed by atoms with Gasteiger partial charge in [-0.1, -0.05) is 30.0 Å². The van der Waals surface area contributed by atoms with Gasteiger partial charge in [0, 0.05) is 35.1 Å². The van der Waals surface area contributed by atoms with Crippen molar-refractivity contribution in [1.29, 1.82) is 0 Å². The number of H-pyrrole nitrogens is 1. The van der Waals surface area contributed by atoms with E-state index in [1.165, 1.54) is 17.3 Å². The molecule has 0 bridgehead atoms. The highest BCUT2D eigenvalue weighted by atomic mass is 32.2. The van der Waals surface area contributed by atoms with Gasteiger partial charge in [-0.3, -0.25) is 15.2 Å². The molecule has 3 N–H and O–H groups in total. The molecular weight excluding hydrogens is 498 g/mol. The van der Waals surface area contributed by atoms with Gasteiger partial charge in [-0.25, -0.2) is 4.79 Å². The van der Waals surface area contributed by atoms with Crippen molar-refractivity contribution in [1.82, 2.24) is 20.4 Å². The second-order valence-corrected chi connectivity index (χ2v) is 12.0. The maximum Gasteiger partial charge on any atom is 0.412 e. The highest BCUT2D eigenvalue weighted by molar-refractivity contribution is 8.04. The lowest BCUT2D eigenvalue weighted by Gasteiger charge is -2.32. The molecule has 1 aromatic heterocycles. The number of thioether (sulfide) groups is 1. The SMILES string of the molecule is CC(C)(C)OC(=O)Nc1ccc(CCCN2CCC(NC(=O)C3=Cc4[nH]nc5cccc(c45)S3)CC2)cc1. The third-order valence-electron chi connectivity index (χ3n) is 6.75. The third kappa shape index (κ3) is 6.57. The molecule has 2 aromatic carbocycles. The highest BCUT2D eigenvalue weighted by Crippen LogP contribution is 2.40. The van der Waals surface area contributed by atoms with Gasteiger partial charge in [-0.05, 0) is 88.9 Å². The molecule has 0 saturated carbocycles. The van der Waals surface area contributed by atoms with Crippen molar-refractivity contribution < 1.29 is 14.3 Å². The van der Waals surface area contributed by atoms with Crippen LogP contribution >= 0.6 is 11.8 Å². The van der Waals surface area contributed by atoms with Crippen LogP contribution in [-0.2, 0) is 16.0 Å². The van der Waals surface area contributed by atoms with Crippen LogP contribution in [0, 0.1) is 0 Å². The summed E-state index contributed by atoms with van der Waals surface area (Å²) in [7, 11) is 0. The fraction of sp³-hybridized carbons (Fsp3) is 0.414. The van der Waals surface area contributed by atoms with Crippen LogP contribution in [0.3, 0.4) is 0 Å². The van der Waals surface area contributed by atoms with Crippen LogP contribution in [0.15, 0.2) is 52.3 Å². The molecule has 3 heterocycles. The summed E-state index contributed by atoms with van der Waals surface area (Å²) in [5, 5.41) is 14.5. The highest BCUT2D eigenvalue weighted by Gasteiger charge is 2.25.